The summed E-state index contributed by atoms with van der Waals surface area (Å²) >= 11 is 0. The van der Waals surface area contributed by atoms with Gasteiger partial charge in [0.05, 0.1) is 18.4 Å². The number of aliphatic hydroxyl groups excluding tert-OH is 1. The highest BCUT2D eigenvalue weighted by molar-refractivity contribution is 7.52. The first-order chi connectivity index (χ1) is 17.5. The van der Waals surface area contributed by atoms with Gasteiger partial charge in [0.25, 0.3) is 5.56 Å². The maximum atomic E-state index is 13.8. The number of benzene rings is 2. The van der Waals surface area contributed by atoms with E-state index in [1.807, 2.05) is 23.2 Å². The standard InChI is InChI=1S/C23H25FN3O9P/c1-12(22(30)31)26-37(33,36-18-9-5-7-14-6-3-4-8-15(14)18)35-13(2)20-17(28)10-19(34-20)27-11-16(24)21(29)25-23(27)32/h3-9,11-13,17,19-20,28H,10H2,1-2H3,(H,26,33)(H,30,31)(H,25,29,32)/t12?,13?,17-,19+,20+,37-/m0/s1. The summed E-state index contributed by atoms with van der Waals surface area (Å²) in [5, 5.41) is 23.7. The van der Waals surface area contributed by atoms with Crippen LogP contribution in [0.1, 0.15) is 26.5 Å². The summed E-state index contributed by atoms with van der Waals surface area (Å²) < 4.78 is 45.4. The average Bonchev–Trinajstić information content (AvgIpc) is 3.22. The van der Waals surface area contributed by atoms with Crippen molar-refractivity contribution in [1.29, 1.82) is 0 Å². The number of aromatic nitrogens is 2. The Morgan fingerprint density at radius 3 is 2.68 bits per heavy atom. The molecule has 0 aliphatic carbocycles. The molecule has 1 aliphatic rings. The molecule has 1 fully saturated rings. The highest BCUT2D eigenvalue weighted by Crippen LogP contribution is 2.49. The number of aliphatic hydroxyl groups is 1. The van der Waals surface area contributed by atoms with Crippen molar-refractivity contribution < 1.29 is 37.7 Å². The monoisotopic (exact) mass is 537 g/mol. The highest BCUT2D eigenvalue weighted by atomic mass is 31.2. The van der Waals surface area contributed by atoms with Crippen LogP contribution < -0.4 is 20.9 Å². The normalized spacial score (nSPS) is 22.9. The minimum atomic E-state index is -4.40. The number of carboxylic acids is 1. The van der Waals surface area contributed by atoms with Gasteiger partial charge in [-0.15, -0.1) is 0 Å². The van der Waals surface area contributed by atoms with Gasteiger partial charge < -0.3 is 19.5 Å². The molecule has 12 nitrogen and oxygen atoms in total. The second kappa shape index (κ2) is 10.6. The lowest BCUT2D eigenvalue weighted by Gasteiger charge is -2.28. The van der Waals surface area contributed by atoms with Crippen molar-refractivity contribution in [1.82, 2.24) is 14.6 Å². The van der Waals surface area contributed by atoms with Crippen LogP contribution in [0.5, 0.6) is 5.75 Å². The number of nitrogens with zero attached hydrogens (tertiary/aromatic N) is 1. The van der Waals surface area contributed by atoms with Crippen molar-refractivity contribution in [3.05, 3.63) is 75.3 Å². The van der Waals surface area contributed by atoms with Crippen LogP contribution in [0.3, 0.4) is 0 Å². The number of hydrogen-bond acceptors (Lipinski definition) is 8. The van der Waals surface area contributed by atoms with Crippen LogP contribution in [0, 0.1) is 5.82 Å². The summed E-state index contributed by atoms with van der Waals surface area (Å²) in [4.78, 5) is 36.7. The van der Waals surface area contributed by atoms with Gasteiger partial charge in [-0.05, 0) is 25.3 Å². The molecule has 0 bridgehead atoms. The van der Waals surface area contributed by atoms with Crippen molar-refractivity contribution in [3.8, 4) is 5.75 Å². The molecular weight excluding hydrogens is 512 g/mol. The maximum absolute atomic E-state index is 13.8. The number of hydrogen-bond donors (Lipinski definition) is 4. The minimum absolute atomic E-state index is 0.166. The second-order valence-electron chi connectivity index (χ2n) is 8.57. The van der Waals surface area contributed by atoms with Gasteiger partial charge in [-0.2, -0.15) is 9.48 Å². The Hall–Kier alpha value is -3.35. The Labute approximate surface area is 209 Å². The molecule has 1 aromatic heterocycles. The molecule has 3 aromatic rings. The van der Waals surface area contributed by atoms with Crippen LogP contribution in [-0.4, -0.2) is 50.1 Å². The van der Waals surface area contributed by atoms with E-state index in [0.717, 1.165) is 9.95 Å². The van der Waals surface area contributed by atoms with Crippen molar-refractivity contribution in [2.75, 3.05) is 0 Å². The number of rotatable bonds is 9. The number of fused-ring (bicyclic) bond motifs is 1. The number of carboxylic acid groups (broad SMARTS) is 1. The van der Waals surface area contributed by atoms with Crippen LogP contribution in [-0.2, 0) is 18.6 Å². The number of nitrogens with one attached hydrogen (secondary N) is 2. The fraction of sp³-hybridized carbons (Fsp3) is 0.348. The summed E-state index contributed by atoms with van der Waals surface area (Å²) in [6.07, 6.45) is -4.23. The SMILES string of the molecule is CC(N[P@@](=O)(Oc1cccc2ccccc12)OC(C)[C@H]1O[C@@H](n2cc(F)c(=O)[nH]c2=O)C[C@@H]1O)C(=O)O. The number of H-pyrrole nitrogens is 1. The second-order valence-corrected chi connectivity index (χ2v) is 10.2. The lowest BCUT2D eigenvalue weighted by atomic mass is 10.1. The van der Waals surface area contributed by atoms with Gasteiger partial charge in [0.2, 0.25) is 5.82 Å². The van der Waals surface area contributed by atoms with E-state index in [2.05, 4.69) is 5.09 Å². The fourth-order valence-corrected chi connectivity index (χ4v) is 5.72. The number of aliphatic carboxylic acids is 1. The molecule has 0 spiro atoms. The molecule has 2 aromatic carbocycles. The zero-order chi connectivity index (χ0) is 26.9. The minimum Gasteiger partial charge on any atom is -0.480 e. The summed E-state index contributed by atoms with van der Waals surface area (Å²) in [5.41, 5.74) is -2.14. The van der Waals surface area contributed by atoms with E-state index >= 15 is 0 Å². The van der Waals surface area contributed by atoms with E-state index in [4.69, 9.17) is 13.8 Å². The third-order valence-electron chi connectivity index (χ3n) is 5.83. The average molecular weight is 537 g/mol. The van der Waals surface area contributed by atoms with Crippen molar-refractivity contribution >= 4 is 24.5 Å². The smallest absolute Gasteiger partial charge is 0.459 e. The molecule has 6 atom stereocenters. The van der Waals surface area contributed by atoms with Crippen LogP contribution in [0.15, 0.2) is 58.3 Å². The Kier molecular flexibility index (Phi) is 7.62. The third kappa shape index (κ3) is 5.81. The van der Waals surface area contributed by atoms with Crippen LogP contribution in [0.25, 0.3) is 10.8 Å². The number of carbonyl (C=O) groups is 1. The summed E-state index contributed by atoms with van der Waals surface area (Å²) in [6.45, 7) is 2.67. The van der Waals surface area contributed by atoms with E-state index in [1.165, 1.54) is 13.8 Å². The van der Waals surface area contributed by atoms with Crippen LogP contribution in [0.4, 0.5) is 4.39 Å². The first kappa shape index (κ1) is 26.7. The van der Waals surface area contributed by atoms with E-state index in [0.29, 0.717) is 11.6 Å². The van der Waals surface area contributed by atoms with E-state index in [1.54, 1.807) is 24.3 Å². The van der Waals surface area contributed by atoms with Gasteiger partial charge in [-0.25, -0.2) is 9.36 Å². The zero-order valence-electron chi connectivity index (χ0n) is 19.7. The molecule has 4 rings (SSSR count). The lowest BCUT2D eigenvalue weighted by molar-refractivity contribution is -0.138. The summed E-state index contributed by atoms with van der Waals surface area (Å²) in [5.74, 6) is -2.36. The van der Waals surface area contributed by atoms with Crippen molar-refractivity contribution in [2.24, 2.45) is 0 Å². The van der Waals surface area contributed by atoms with Gasteiger partial charge in [-0.1, -0.05) is 36.4 Å². The first-order valence-electron chi connectivity index (χ1n) is 11.3. The molecule has 0 amide bonds. The fourth-order valence-electron chi connectivity index (χ4n) is 4.00. The van der Waals surface area contributed by atoms with Crippen molar-refractivity contribution in [2.45, 2.75) is 50.8 Å². The molecule has 198 valence electrons. The predicted octanol–water partition coefficient (Wildman–Crippen LogP) is 2.13. The Balaban J connectivity index is 1.59. The molecule has 14 heteroatoms. The third-order valence-corrected chi connectivity index (χ3v) is 7.58. The summed E-state index contributed by atoms with van der Waals surface area (Å²) in [7, 11) is -4.40. The topological polar surface area (TPSA) is 169 Å². The van der Waals surface area contributed by atoms with E-state index in [-0.39, 0.29) is 12.2 Å². The largest absolute Gasteiger partial charge is 0.480 e. The van der Waals surface area contributed by atoms with Gasteiger partial charge in [0.15, 0.2) is 0 Å². The van der Waals surface area contributed by atoms with Gasteiger partial charge in [0, 0.05) is 11.8 Å². The van der Waals surface area contributed by atoms with Crippen LogP contribution in [0.2, 0.25) is 0 Å². The quantitative estimate of drug-likeness (QED) is 0.297. The molecule has 0 radical (unpaired) electrons. The lowest BCUT2D eigenvalue weighted by Crippen LogP contribution is -2.39. The summed E-state index contributed by atoms with van der Waals surface area (Å²) in [6, 6.07) is 10.8. The Morgan fingerprint density at radius 2 is 1.95 bits per heavy atom. The van der Waals surface area contributed by atoms with E-state index in [9.17, 15) is 33.6 Å². The number of ether oxygens (including phenoxy) is 1. The molecule has 2 heterocycles. The maximum Gasteiger partial charge on any atom is 0.459 e. The number of aromatic amines is 1. The van der Waals surface area contributed by atoms with Crippen molar-refractivity contribution in [3.63, 3.8) is 0 Å². The molecule has 4 N–H and O–H groups in total. The Bertz CT molecular complexity index is 1470. The van der Waals surface area contributed by atoms with Gasteiger partial charge in [0.1, 0.15) is 24.1 Å². The van der Waals surface area contributed by atoms with Gasteiger partial charge in [-0.3, -0.25) is 23.7 Å². The highest BCUT2D eigenvalue weighted by Gasteiger charge is 2.43. The van der Waals surface area contributed by atoms with E-state index < -0.39 is 61.4 Å². The Morgan fingerprint density at radius 1 is 1.24 bits per heavy atom. The molecule has 0 saturated carbocycles. The molecule has 37 heavy (non-hydrogen) atoms. The van der Waals surface area contributed by atoms with Crippen LogP contribution >= 0.6 is 7.75 Å². The zero-order valence-corrected chi connectivity index (χ0v) is 20.6. The molecular formula is C23H25FN3O9P. The molecule has 2 unspecified atom stereocenters. The van der Waals surface area contributed by atoms with Gasteiger partial charge >= 0.3 is 19.4 Å². The first-order valence-corrected chi connectivity index (χ1v) is 12.8. The predicted molar refractivity (Wildman–Crippen MR) is 129 cm³/mol. The molecule has 1 saturated heterocycles. The molecule has 1 aliphatic heterocycles. The number of halogens is 1.